The van der Waals surface area contributed by atoms with Crippen LogP contribution in [0.4, 0.5) is 5.13 Å². The standard InChI is InChI=1S/C12H13BrN2S/c1-8-2-4-9(5-3-8)6-7-10-11(13)15-12(14)16-10/h2-5H,6-7H2,1H3,(H2,14,15). The number of hydrogen-bond acceptors (Lipinski definition) is 3. The summed E-state index contributed by atoms with van der Waals surface area (Å²) in [6, 6.07) is 8.64. The highest BCUT2D eigenvalue weighted by molar-refractivity contribution is 9.10. The summed E-state index contributed by atoms with van der Waals surface area (Å²) in [7, 11) is 0. The molecule has 0 saturated heterocycles. The molecule has 0 atom stereocenters. The molecule has 0 amide bonds. The number of hydrogen-bond donors (Lipinski definition) is 1. The van der Waals surface area contributed by atoms with E-state index in [-0.39, 0.29) is 0 Å². The average molecular weight is 297 g/mol. The van der Waals surface area contributed by atoms with Gasteiger partial charge in [-0.25, -0.2) is 4.98 Å². The van der Waals surface area contributed by atoms with Crippen molar-refractivity contribution in [1.82, 2.24) is 4.98 Å². The normalized spacial score (nSPS) is 10.6. The third-order valence-corrected chi connectivity index (χ3v) is 4.29. The van der Waals surface area contributed by atoms with Crippen LogP contribution in [0.25, 0.3) is 0 Å². The van der Waals surface area contributed by atoms with Gasteiger partial charge in [-0.05, 0) is 41.3 Å². The van der Waals surface area contributed by atoms with Crippen LogP contribution < -0.4 is 5.73 Å². The highest BCUT2D eigenvalue weighted by Gasteiger charge is 2.06. The van der Waals surface area contributed by atoms with Gasteiger partial charge in [0.15, 0.2) is 5.13 Å². The summed E-state index contributed by atoms with van der Waals surface area (Å²) in [4.78, 5) is 5.37. The quantitative estimate of drug-likeness (QED) is 0.940. The van der Waals surface area contributed by atoms with Crippen molar-refractivity contribution in [2.75, 3.05) is 5.73 Å². The summed E-state index contributed by atoms with van der Waals surface area (Å²) in [6.45, 7) is 2.10. The van der Waals surface area contributed by atoms with E-state index in [9.17, 15) is 0 Å². The fourth-order valence-electron chi connectivity index (χ4n) is 1.52. The van der Waals surface area contributed by atoms with Crippen LogP contribution in [0.15, 0.2) is 28.9 Å². The first kappa shape index (κ1) is 11.6. The van der Waals surface area contributed by atoms with Gasteiger partial charge in [0.25, 0.3) is 0 Å². The first-order chi connectivity index (χ1) is 7.65. The van der Waals surface area contributed by atoms with E-state index >= 15 is 0 Å². The summed E-state index contributed by atoms with van der Waals surface area (Å²) >= 11 is 4.98. The summed E-state index contributed by atoms with van der Waals surface area (Å²) in [5, 5.41) is 0.630. The molecule has 0 spiro atoms. The molecule has 4 heteroatoms. The van der Waals surface area contributed by atoms with E-state index in [1.807, 2.05) is 0 Å². The Kier molecular flexibility index (Phi) is 3.61. The molecule has 0 aliphatic heterocycles. The van der Waals surface area contributed by atoms with Crippen LogP contribution in [0.3, 0.4) is 0 Å². The molecular formula is C12H13BrN2S. The van der Waals surface area contributed by atoms with E-state index in [4.69, 9.17) is 5.73 Å². The van der Waals surface area contributed by atoms with Crippen molar-refractivity contribution in [2.24, 2.45) is 0 Å². The minimum absolute atomic E-state index is 0.630. The van der Waals surface area contributed by atoms with Crippen molar-refractivity contribution in [3.05, 3.63) is 44.9 Å². The Hall–Kier alpha value is -0.870. The number of nitrogen functional groups attached to an aromatic ring is 1. The highest BCUT2D eigenvalue weighted by atomic mass is 79.9. The summed E-state index contributed by atoms with van der Waals surface area (Å²) in [5.74, 6) is 0. The molecule has 2 N–H and O–H groups in total. The number of thiazole rings is 1. The SMILES string of the molecule is Cc1ccc(CCc2sc(N)nc2Br)cc1. The van der Waals surface area contributed by atoms with Crippen LogP contribution >= 0.6 is 27.3 Å². The van der Waals surface area contributed by atoms with Crippen molar-refractivity contribution in [3.63, 3.8) is 0 Å². The molecule has 0 aliphatic carbocycles. The van der Waals surface area contributed by atoms with E-state index in [0.29, 0.717) is 5.13 Å². The van der Waals surface area contributed by atoms with Crippen molar-refractivity contribution < 1.29 is 0 Å². The third kappa shape index (κ3) is 2.83. The Morgan fingerprint density at radius 1 is 1.25 bits per heavy atom. The maximum Gasteiger partial charge on any atom is 0.181 e. The summed E-state index contributed by atoms with van der Waals surface area (Å²) in [6.07, 6.45) is 2.01. The van der Waals surface area contributed by atoms with Crippen molar-refractivity contribution in [1.29, 1.82) is 0 Å². The first-order valence-corrected chi connectivity index (χ1v) is 6.72. The summed E-state index contributed by atoms with van der Waals surface area (Å²) < 4.78 is 0.891. The number of aromatic nitrogens is 1. The van der Waals surface area contributed by atoms with E-state index in [2.05, 4.69) is 52.1 Å². The molecule has 1 aromatic carbocycles. The Balaban J connectivity index is 2.02. The molecule has 0 unspecified atom stereocenters. The van der Waals surface area contributed by atoms with Crippen LogP contribution in [-0.4, -0.2) is 4.98 Å². The maximum atomic E-state index is 5.65. The fraction of sp³-hybridized carbons (Fsp3) is 0.250. The van der Waals surface area contributed by atoms with E-state index in [1.54, 1.807) is 11.3 Å². The Morgan fingerprint density at radius 2 is 1.94 bits per heavy atom. The van der Waals surface area contributed by atoms with Crippen LogP contribution in [0.1, 0.15) is 16.0 Å². The van der Waals surface area contributed by atoms with Gasteiger partial charge in [0.2, 0.25) is 0 Å². The zero-order chi connectivity index (χ0) is 11.5. The number of aryl methyl sites for hydroxylation is 3. The predicted octanol–water partition coefficient (Wildman–Crippen LogP) is 3.58. The van der Waals surface area contributed by atoms with Gasteiger partial charge in [-0.2, -0.15) is 0 Å². The second kappa shape index (κ2) is 4.97. The van der Waals surface area contributed by atoms with Gasteiger partial charge in [-0.1, -0.05) is 29.8 Å². The second-order valence-corrected chi connectivity index (χ2v) is 5.62. The number of nitrogens with two attached hydrogens (primary N) is 1. The predicted molar refractivity (Wildman–Crippen MR) is 72.8 cm³/mol. The van der Waals surface area contributed by atoms with Crippen LogP contribution in [0, 0.1) is 6.92 Å². The van der Waals surface area contributed by atoms with Crippen LogP contribution in [-0.2, 0) is 12.8 Å². The number of nitrogens with zero attached hydrogens (tertiary/aromatic N) is 1. The van der Waals surface area contributed by atoms with Gasteiger partial charge in [0.1, 0.15) is 4.60 Å². The van der Waals surface area contributed by atoms with Gasteiger partial charge < -0.3 is 5.73 Å². The number of rotatable bonds is 3. The number of benzene rings is 1. The molecule has 0 radical (unpaired) electrons. The van der Waals surface area contributed by atoms with Crippen molar-refractivity contribution >= 4 is 32.4 Å². The molecule has 0 fully saturated rings. The Labute approximate surface area is 108 Å². The van der Waals surface area contributed by atoms with Crippen LogP contribution in [0.2, 0.25) is 0 Å². The average Bonchev–Trinajstić information content (AvgIpc) is 2.57. The molecule has 16 heavy (non-hydrogen) atoms. The lowest BCUT2D eigenvalue weighted by Gasteiger charge is -2.00. The van der Waals surface area contributed by atoms with Crippen molar-refractivity contribution in [2.45, 2.75) is 19.8 Å². The fourth-order valence-corrected chi connectivity index (χ4v) is 2.99. The molecule has 2 nitrogen and oxygen atoms in total. The van der Waals surface area contributed by atoms with Crippen LogP contribution in [0.5, 0.6) is 0 Å². The number of halogens is 1. The molecule has 2 rings (SSSR count). The minimum atomic E-state index is 0.630. The van der Waals surface area contributed by atoms with Gasteiger partial charge in [-0.15, -0.1) is 11.3 Å². The molecular weight excluding hydrogens is 284 g/mol. The molecule has 0 bridgehead atoms. The van der Waals surface area contributed by atoms with E-state index in [0.717, 1.165) is 17.4 Å². The molecule has 1 aromatic heterocycles. The van der Waals surface area contributed by atoms with Crippen molar-refractivity contribution in [3.8, 4) is 0 Å². The lowest BCUT2D eigenvalue weighted by Crippen LogP contribution is -1.89. The monoisotopic (exact) mass is 296 g/mol. The lowest BCUT2D eigenvalue weighted by atomic mass is 10.1. The molecule has 0 saturated carbocycles. The molecule has 2 aromatic rings. The second-order valence-electron chi connectivity index (χ2n) is 3.75. The third-order valence-electron chi connectivity index (χ3n) is 2.43. The maximum absolute atomic E-state index is 5.65. The Morgan fingerprint density at radius 3 is 2.50 bits per heavy atom. The topological polar surface area (TPSA) is 38.9 Å². The highest BCUT2D eigenvalue weighted by Crippen LogP contribution is 2.26. The Bertz CT molecular complexity index is 476. The largest absolute Gasteiger partial charge is 0.375 e. The molecule has 0 aliphatic rings. The summed E-state index contributed by atoms with van der Waals surface area (Å²) in [5.41, 5.74) is 8.30. The van der Waals surface area contributed by atoms with E-state index < -0.39 is 0 Å². The van der Waals surface area contributed by atoms with Gasteiger partial charge in [0, 0.05) is 4.88 Å². The zero-order valence-electron chi connectivity index (χ0n) is 9.03. The lowest BCUT2D eigenvalue weighted by molar-refractivity contribution is 0.968. The number of anilines is 1. The zero-order valence-corrected chi connectivity index (χ0v) is 11.4. The van der Waals surface area contributed by atoms with E-state index in [1.165, 1.54) is 16.0 Å². The minimum Gasteiger partial charge on any atom is -0.375 e. The van der Waals surface area contributed by atoms with Gasteiger partial charge >= 0.3 is 0 Å². The molecule has 84 valence electrons. The smallest absolute Gasteiger partial charge is 0.181 e. The van der Waals surface area contributed by atoms with Gasteiger partial charge in [0.05, 0.1) is 0 Å². The van der Waals surface area contributed by atoms with Gasteiger partial charge in [-0.3, -0.25) is 0 Å². The molecule has 1 heterocycles. The first-order valence-electron chi connectivity index (χ1n) is 5.11.